The Bertz CT molecular complexity index is 210. The molecule has 1 rings (SSSR count). The van der Waals surface area contributed by atoms with Crippen LogP contribution in [-0.2, 0) is 9.53 Å². The van der Waals surface area contributed by atoms with Gasteiger partial charge in [0.1, 0.15) is 0 Å². The number of esters is 1. The quantitative estimate of drug-likeness (QED) is 0.677. The first-order valence-corrected chi connectivity index (χ1v) is 5.64. The molecule has 1 aliphatic carbocycles. The van der Waals surface area contributed by atoms with E-state index in [1.807, 2.05) is 14.0 Å². The molecule has 1 aliphatic rings. The number of aliphatic hydroxyl groups excluding tert-OH is 1. The summed E-state index contributed by atoms with van der Waals surface area (Å²) >= 11 is 0. The summed E-state index contributed by atoms with van der Waals surface area (Å²) in [6.45, 7) is 2.88. The van der Waals surface area contributed by atoms with Crippen molar-refractivity contribution in [3.63, 3.8) is 0 Å². The molecule has 4 heteroatoms. The fourth-order valence-corrected chi connectivity index (χ4v) is 2.23. The Morgan fingerprint density at radius 2 is 2.13 bits per heavy atom. The van der Waals surface area contributed by atoms with Crippen LogP contribution in [0.25, 0.3) is 0 Å². The third-order valence-electron chi connectivity index (χ3n) is 3.14. The highest BCUT2D eigenvalue weighted by molar-refractivity contribution is 5.77. The van der Waals surface area contributed by atoms with Gasteiger partial charge in [-0.25, -0.2) is 0 Å². The third-order valence-corrected chi connectivity index (χ3v) is 3.14. The van der Waals surface area contributed by atoms with Gasteiger partial charge >= 0.3 is 5.97 Å². The number of nitrogens with one attached hydrogen (secondary N) is 1. The average Bonchev–Trinajstić information content (AvgIpc) is 2.22. The lowest BCUT2D eigenvalue weighted by molar-refractivity contribution is -0.158. The molecule has 0 unspecified atom stereocenters. The van der Waals surface area contributed by atoms with Gasteiger partial charge in [0.15, 0.2) is 0 Å². The lowest BCUT2D eigenvalue weighted by Crippen LogP contribution is -2.44. The van der Waals surface area contributed by atoms with Crippen LogP contribution in [0.2, 0.25) is 0 Å². The van der Waals surface area contributed by atoms with Crippen LogP contribution in [0, 0.1) is 5.41 Å². The van der Waals surface area contributed by atoms with E-state index in [0.29, 0.717) is 38.8 Å². The number of carbonyl (C=O) groups excluding carboxylic acids is 1. The van der Waals surface area contributed by atoms with Gasteiger partial charge < -0.3 is 15.2 Å². The first-order valence-electron chi connectivity index (χ1n) is 5.64. The molecule has 2 N–H and O–H groups in total. The summed E-state index contributed by atoms with van der Waals surface area (Å²) in [5.74, 6) is -0.119. The highest BCUT2D eigenvalue weighted by Crippen LogP contribution is 2.37. The highest BCUT2D eigenvalue weighted by Gasteiger charge is 2.42. The molecule has 0 heterocycles. The van der Waals surface area contributed by atoms with Crippen LogP contribution < -0.4 is 5.32 Å². The van der Waals surface area contributed by atoms with Crippen molar-refractivity contribution in [3.05, 3.63) is 0 Å². The lowest BCUT2D eigenvalue weighted by Gasteiger charge is -2.36. The zero-order valence-electron chi connectivity index (χ0n) is 9.58. The lowest BCUT2D eigenvalue weighted by atomic mass is 9.73. The molecule has 0 aliphatic heterocycles. The summed E-state index contributed by atoms with van der Waals surface area (Å²) < 4.78 is 5.11. The summed E-state index contributed by atoms with van der Waals surface area (Å²) in [5, 5.41) is 12.5. The normalized spacial score (nSPS) is 31.3. The van der Waals surface area contributed by atoms with Gasteiger partial charge in [0.25, 0.3) is 0 Å². The van der Waals surface area contributed by atoms with Gasteiger partial charge in [0.2, 0.25) is 0 Å². The number of hydrogen-bond acceptors (Lipinski definition) is 4. The fourth-order valence-electron chi connectivity index (χ4n) is 2.23. The molecule has 0 atom stereocenters. The van der Waals surface area contributed by atoms with Gasteiger partial charge in [-0.15, -0.1) is 0 Å². The molecule has 0 radical (unpaired) electrons. The minimum atomic E-state index is -0.413. The Kier molecular flexibility index (Phi) is 4.54. The van der Waals surface area contributed by atoms with E-state index in [1.54, 1.807) is 0 Å². The van der Waals surface area contributed by atoms with Gasteiger partial charge in [0.05, 0.1) is 18.1 Å². The van der Waals surface area contributed by atoms with Crippen LogP contribution in [0.3, 0.4) is 0 Å². The maximum Gasteiger partial charge on any atom is 0.313 e. The molecule has 15 heavy (non-hydrogen) atoms. The number of ether oxygens (including phenoxy) is 1. The summed E-state index contributed by atoms with van der Waals surface area (Å²) in [6.07, 6.45) is 2.58. The molecule has 0 aromatic rings. The molecule has 1 fully saturated rings. The van der Waals surface area contributed by atoms with E-state index in [0.717, 1.165) is 0 Å². The van der Waals surface area contributed by atoms with Crippen molar-refractivity contribution in [2.75, 3.05) is 20.2 Å². The highest BCUT2D eigenvalue weighted by atomic mass is 16.5. The zero-order chi connectivity index (χ0) is 11.3. The predicted molar refractivity (Wildman–Crippen MR) is 57.5 cm³/mol. The minimum absolute atomic E-state index is 0.119. The Morgan fingerprint density at radius 1 is 1.53 bits per heavy atom. The van der Waals surface area contributed by atoms with Crippen molar-refractivity contribution < 1.29 is 14.6 Å². The van der Waals surface area contributed by atoms with Crippen molar-refractivity contribution in [2.24, 2.45) is 5.41 Å². The van der Waals surface area contributed by atoms with Crippen LogP contribution in [0.4, 0.5) is 0 Å². The maximum atomic E-state index is 11.9. The molecule has 88 valence electrons. The monoisotopic (exact) mass is 215 g/mol. The molecule has 0 aromatic heterocycles. The first kappa shape index (κ1) is 12.5. The van der Waals surface area contributed by atoms with Crippen LogP contribution in [-0.4, -0.2) is 37.4 Å². The van der Waals surface area contributed by atoms with E-state index in [-0.39, 0.29) is 12.1 Å². The molecule has 0 spiro atoms. The zero-order valence-corrected chi connectivity index (χ0v) is 9.58. The number of carbonyl (C=O) groups is 1. The molecule has 0 aromatic carbocycles. The Balaban J connectivity index is 2.65. The van der Waals surface area contributed by atoms with Crippen LogP contribution in [0.1, 0.15) is 32.6 Å². The molecular weight excluding hydrogens is 194 g/mol. The SMILES string of the molecule is CCOC(=O)C1(CNC)CCC(O)CC1. The minimum Gasteiger partial charge on any atom is -0.466 e. The van der Waals surface area contributed by atoms with Crippen molar-refractivity contribution in [1.29, 1.82) is 0 Å². The van der Waals surface area contributed by atoms with Gasteiger partial charge in [-0.05, 0) is 39.7 Å². The summed E-state index contributed by atoms with van der Waals surface area (Å²) in [7, 11) is 1.84. The average molecular weight is 215 g/mol. The maximum absolute atomic E-state index is 11.9. The summed E-state index contributed by atoms with van der Waals surface area (Å²) in [6, 6.07) is 0. The summed E-state index contributed by atoms with van der Waals surface area (Å²) in [5.41, 5.74) is -0.413. The van der Waals surface area contributed by atoms with Gasteiger partial charge in [0, 0.05) is 6.54 Å². The van der Waals surface area contributed by atoms with E-state index >= 15 is 0 Å². The molecule has 1 saturated carbocycles. The smallest absolute Gasteiger partial charge is 0.313 e. The third kappa shape index (κ3) is 2.92. The Hall–Kier alpha value is -0.610. The van der Waals surface area contributed by atoms with E-state index < -0.39 is 5.41 Å². The number of rotatable bonds is 4. The second kappa shape index (κ2) is 5.47. The Labute approximate surface area is 91.0 Å². The van der Waals surface area contributed by atoms with Gasteiger partial charge in [-0.3, -0.25) is 4.79 Å². The molecule has 0 bridgehead atoms. The van der Waals surface area contributed by atoms with Crippen molar-refractivity contribution in [2.45, 2.75) is 38.7 Å². The van der Waals surface area contributed by atoms with Crippen molar-refractivity contribution >= 4 is 5.97 Å². The van der Waals surface area contributed by atoms with Gasteiger partial charge in [-0.1, -0.05) is 0 Å². The molecule has 0 saturated heterocycles. The second-order valence-electron chi connectivity index (χ2n) is 4.26. The molecule has 4 nitrogen and oxygen atoms in total. The molecular formula is C11H21NO3. The van der Waals surface area contributed by atoms with E-state index in [1.165, 1.54) is 0 Å². The van der Waals surface area contributed by atoms with E-state index in [4.69, 9.17) is 4.74 Å². The molecule has 0 amide bonds. The van der Waals surface area contributed by atoms with Crippen LogP contribution in [0.5, 0.6) is 0 Å². The van der Waals surface area contributed by atoms with Gasteiger partial charge in [-0.2, -0.15) is 0 Å². The number of hydrogen-bond donors (Lipinski definition) is 2. The topological polar surface area (TPSA) is 58.6 Å². The van der Waals surface area contributed by atoms with Crippen molar-refractivity contribution in [1.82, 2.24) is 5.32 Å². The Morgan fingerprint density at radius 3 is 2.60 bits per heavy atom. The summed E-state index contributed by atoms with van der Waals surface area (Å²) in [4.78, 5) is 11.9. The predicted octanol–water partition coefficient (Wildman–Crippen LogP) is 0.690. The fraction of sp³-hybridized carbons (Fsp3) is 0.909. The largest absolute Gasteiger partial charge is 0.466 e. The van der Waals surface area contributed by atoms with Crippen LogP contribution >= 0.6 is 0 Å². The first-order chi connectivity index (χ1) is 7.14. The van der Waals surface area contributed by atoms with E-state index in [2.05, 4.69) is 5.32 Å². The van der Waals surface area contributed by atoms with Crippen molar-refractivity contribution in [3.8, 4) is 0 Å². The van der Waals surface area contributed by atoms with E-state index in [9.17, 15) is 9.90 Å². The number of aliphatic hydroxyl groups is 1. The van der Waals surface area contributed by atoms with Crippen LogP contribution in [0.15, 0.2) is 0 Å². The second-order valence-corrected chi connectivity index (χ2v) is 4.26. The standard InChI is InChI=1S/C11H21NO3/c1-3-15-10(14)11(8-12-2)6-4-9(13)5-7-11/h9,12-13H,3-8H2,1-2H3.